The van der Waals surface area contributed by atoms with Crippen LogP contribution in [0.15, 0.2) is 46.9 Å². The molecule has 2 rings (SSSR count). The molecule has 0 aliphatic carbocycles. The Hall–Kier alpha value is -2.34. The van der Waals surface area contributed by atoms with Crippen LogP contribution in [0.25, 0.3) is 0 Å². The molecule has 0 saturated carbocycles. The largest absolute Gasteiger partial charge is 0.492 e. The van der Waals surface area contributed by atoms with E-state index in [1.54, 1.807) is 42.5 Å². The minimum atomic E-state index is -0.225. The van der Waals surface area contributed by atoms with Crippen molar-refractivity contribution in [2.75, 3.05) is 18.5 Å². The molecule has 0 aliphatic heterocycles. The standard InChI is InChI=1S/C20H23BrN2O3/c1-3-5-12-26-18-11-8-15(13-17(18)21)20(25)23-16-9-6-14(7-10-16)19(24)22-4-2/h6-11,13H,3-5,12H2,1-2H3,(H,22,24)(H,23,25). The smallest absolute Gasteiger partial charge is 0.255 e. The Morgan fingerprint density at radius 3 is 2.31 bits per heavy atom. The highest BCUT2D eigenvalue weighted by molar-refractivity contribution is 9.10. The van der Waals surface area contributed by atoms with E-state index >= 15 is 0 Å². The van der Waals surface area contributed by atoms with E-state index in [1.807, 2.05) is 6.92 Å². The third-order valence-corrected chi connectivity index (χ3v) is 4.31. The van der Waals surface area contributed by atoms with E-state index in [-0.39, 0.29) is 11.8 Å². The number of carbonyl (C=O) groups is 2. The van der Waals surface area contributed by atoms with Crippen LogP contribution >= 0.6 is 15.9 Å². The zero-order valence-electron chi connectivity index (χ0n) is 15.0. The molecule has 0 heterocycles. The maximum absolute atomic E-state index is 12.4. The molecule has 138 valence electrons. The van der Waals surface area contributed by atoms with Gasteiger partial charge in [-0.05, 0) is 71.7 Å². The van der Waals surface area contributed by atoms with E-state index in [9.17, 15) is 9.59 Å². The number of carbonyl (C=O) groups excluding carboxylic acids is 2. The molecule has 0 saturated heterocycles. The van der Waals surface area contributed by atoms with Crippen molar-refractivity contribution >= 4 is 33.4 Å². The van der Waals surface area contributed by atoms with Gasteiger partial charge in [0.25, 0.3) is 11.8 Å². The van der Waals surface area contributed by atoms with Crippen LogP contribution < -0.4 is 15.4 Å². The summed E-state index contributed by atoms with van der Waals surface area (Å²) in [6.07, 6.45) is 2.05. The van der Waals surface area contributed by atoms with Gasteiger partial charge in [-0.15, -0.1) is 0 Å². The van der Waals surface area contributed by atoms with E-state index in [0.717, 1.165) is 23.1 Å². The Kier molecular flexibility index (Phi) is 7.66. The topological polar surface area (TPSA) is 67.4 Å². The van der Waals surface area contributed by atoms with Gasteiger partial charge < -0.3 is 15.4 Å². The fourth-order valence-electron chi connectivity index (χ4n) is 2.26. The quantitative estimate of drug-likeness (QED) is 0.613. The summed E-state index contributed by atoms with van der Waals surface area (Å²) in [5.41, 5.74) is 1.70. The summed E-state index contributed by atoms with van der Waals surface area (Å²) in [6.45, 7) is 5.20. The van der Waals surface area contributed by atoms with Gasteiger partial charge in [-0.2, -0.15) is 0 Å². The van der Waals surface area contributed by atoms with E-state index in [1.165, 1.54) is 0 Å². The zero-order valence-corrected chi connectivity index (χ0v) is 16.6. The third kappa shape index (κ3) is 5.59. The molecule has 6 heteroatoms. The number of ether oxygens (including phenoxy) is 1. The fraction of sp³-hybridized carbons (Fsp3) is 0.300. The molecule has 5 nitrogen and oxygen atoms in total. The first kappa shape index (κ1) is 20.0. The van der Waals surface area contributed by atoms with Gasteiger partial charge in [0.1, 0.15) is 5.75 Å². The Bertz CT molecular complexity index is 760. The van der Waals surface area contributed by atoms with Crippen molar-refractivity contribution in [2.45, 2.75) is 26.7 Å². The van der Waals surface area contributed by atoms with Gasteiger partial charge in [0.2, 0.25) is 0 Å². The Balaban J connectivity index is 2.01. The lowest BCUT2D eigenvalue weighted by Crippen LogP contribution is -2.22. The number of nitrogens with one attached hydrogen (secondary N) is 2. The summed E-state index contributed by atoms with van der Waals surface area (Å²) < 4.78 is 6.41. The number of halogens is 1. The zero-order chi connectivity index (χ0) is 18.9. The minimum Gasteiger partial charge on any atom is -0.492 e. The van der Waals surface area contributed by atoms with Crippen molar-refractivity contribution < 1.29 is 14.3 Å². The first-order valence-corrected chi connectivity index (χ1v) is 9.46. The lowest BCUT2D eigenvalue weighted by Gasteiger charge is -2.10. The van der Waals surface area contributed by atoms with Crippen LogP contribution in [0.5, 0.6) is 5.75 Å². The second-order valence-electron chi connectivity index (χ2n) is 5.74. The normalized spacial score (nSPS) is 10.3. The summed E-state index contributed by atoms with van der Waals surface area (Å²) in [5.74, 6) is 0.367. The lowest BCUT2D eigenvalue weighted by molar-refractivity contribution is 0.0955. The van der Waals surface area contributed by atoms with E-state index < -0.39 is 0 Å². The number of hydrogen-bond acceptors (Lipinski definition) is 3. The van der Waals surface area contributed by atoms with Gasteiger partial charge in [0.05, 0.1) is 11.1 Å². The molecule has 0 aromatic heterocycles. The maximum atomic E-state index is 12.4. The third-order valence-electron chi connectivity index (χ3n) is 3.69. The number of unbranched alkanes of at least 4 members (excludes halogenated alkanes) is 1. The summed E-state index contributed by atoms with van der Waals surface area (Å²) in [5, 5.41) is 5.56. The van der Waals surface area contributed by atoms with Crippen molar-refractivity contribution in [3.63, 3.8) is 0 Å². The SMILES string of the molecule is CCCCOc1ccc(C(=O)Nc2ccc(C(=O)NCC)cc2)cc1Br. The van der Waals surface area contributed by atoms with Crippen LogP contribution in [0, 0.1) is 0 Å². The summed E-state index contributed by atoms with van der Waals surface area (Å²) in [6, 6.07) is 12.0. The van der Waals surface area contributed by atoms with Gasteiger partial charge in [-0.1, -0.05) is 13.3 Å². The molecule has 2 aromatic rings. The average Bonchev–Trinajstić information content (AvgIpc) is 2.64. The van der Waals surface area contributed by atoms with Gasteiger partial charge in [0.15, 0.2) is 0 Å². The Labute approximate surface area is 162 Å². The molecule has 0 aliphatic rings. The number of benzene rings is 2. The van der Waals surface area contributed by atoms with Gasteiger partial charge in [-0.25, -0.2) is 0 Å². The van der Waals surface area contributed by atoms with E-state index in [0.29, 0.717) is 30.0 Å². The monoisotopic (exact) mass is 418 g/mol. The summed E-state index contributed by atoms with van der Waals surface area (Å²) in [7, 11) is 0. The molecular weight excluding hydrogens is 396 g/mol. The molecule has 0 atom stereocenters. The fourth-order valence-corrected chi connectivity index (χ4v) is 2.75. The summed E-state index contributed by atoms with van der Waals surface area (Å²) in [4.78, 5) is 24.2. The van der Waals surface area contributed by atoms with Crippen molar-refractivity contribution in [3.8, 4) is 5.75 Å². The molecule has 0 unspecified atom stereocenters. The minimum absolute atomic E-state index is 0.132. The molecule has 0 bridgehead atoms. The highest BCUT2D eigenvalue weighted by Gasteiger charge is 2.10. The van der Waals surface area contributed by atoms with Crippen molar-refractivity contribution in [1.29, 1.82) is 0 Å². The lowest BCUT2D eigenvalue weighted by atomic mass is 10.1. The molecule has 2 amide bonds. The first-order valence-electron chi connectivity index (χ1n) is 8.67. The van der Waals surface area contributed by atoms with Crippen molar-refractivity contribution in [1.82, 2.24) is 5.32 Å². The van der Waals surface area contributed by atoms with Gasteiger partial charge >= 0.3 is 0 Å². The van der Waals surface area contributed by atoms with Crippen molar-refractivity contribution in [2.24, 2.45) is 0 Å². The molecule has 2 aromatic carbocycles. The Morgan fingerprint density at radius 2 is 1.69 bits per heavy atom. The molecule has 26 heavy (non-hydrogen) atoms. The highest BCUT2D eigenvalue weighted by Crippen LogP contribution is 2.26. The molecule has 0 fully saturated rings. The molecule has 0 radical (unpaired) electrons. The average molecular weight is 419 g/mol. The van der Waals surface area contributed by atoms with Crippen LogP contribution in [0.2, 0.25) is 0 Å². The highest BCUT2D eigenvalue weighted by atomic mass is 79.9. The predicted molar refractivity (Wildman–Crippen MR) is 107 cm³/mol. The predicted octanol–water partition coefficient (Wildman–Crippen LogP) is 4.63. The van der Waals surface area contributed by atoms with Crippen molar-refractivity contribution in [3.05, 3.63) is 58.1 Å². The number of hydrogen-bond donors (Lipinski definition) is 2. The molecule has 2 N–H and O–H groups in total. The van der Waals surface area contributed by atoms with Crippen LogP contribution in [0.4, 0.5) is 5.69 Å². The van der Waals surface area contributed by atoms with Gasteiger partial charge in [0, 0.05) is 23.4 Å². The van der Waals surface area contributed by atoms with E-state index in [2.05, 4.69) is 33.5 Å². The maximum Gasteiger partial charge on any atom is 0.255 e. The van der Waals surface area contributed by atoms with Crippen LogP contribution in [-0.4, -0.2) is 25.0 Å². The van der Waals surface area contributed by atoms with Crippen LogP contribution in [0.3, 0.4) is 0 Å². The van der Waals surface area contributed by atoms with Gasteiger partial charge in [-0.3, -0.25) is 9.59 Å². The van der Waals surface area contributed by atoms with Crippen LogP contribution in [0.1, 0.15) is 47.4 Å². The number of anilines is 1. The Morgan fingerprint density at radius 1 is 1.00 bits per heavy atom. The molecular formula is C20H23BrN2O3. The van der Waals surface area contributed by atoms with Crippen LogP contribution in [-0.2, 0) is 0 Å². The second kappa shape index (κ2) is 9.97. The number of amides is 2. The molecule has 0 spiro atoms. The summed E-state index contributed by atoms with van der Waals surface area (Å²) >= 11 is 3.44. The first-order chi connectivity index (χ1) is 12.5. The number of rotatable bonds is 8. The second-order valence-corrected chi connectivity index (χ2v) is 6.59. The van der Waals surface area contributed by atoms with E-state index in [4.69, 9.17) is 4.74 Å².